The smallest absolute Gasteiger partial charge is 0.384 e. The van der Waals surface area contributed by atoms with Gasteiger partial charge >= 0.3 is 12.4 Å². The molecule has 0 aliphatic rings. The Hall–Kier alpha value is -1.28. The highest BCUT2D eigenvalue weighted by Gasteiger charge is 2.51. The Balaban J connectivity index is 2.63. The van der Waals surface area contributed by atoms with Gasteiger partial charge in [-0.1, -0.05) is 38.1 Å². The molecule has 8 heteroatoms. The molecule has 150 valence electrons. The summed E-state index contributed by atoms with van der Waals surface area (Å²) >= 11 is 0. The second kappa shape index (κ2) is 8.17. The van der Waals surface area contributed by atoms with Crippen LogP contribution in [-0.2, 0) is 12.0 Å². The van der Waals surface area contributed by atoms with Crippen molar-refractivity contribution in [3.8, 4) is 0 Å². The number of aliphatic hydroxyl groups is 2. The maximum absolute atomic E-state index is 12.8. The SMILES string of the molecule is CC(CCc1ccc(C(C)(O)C(F)(F)F)cc1)C(C)CC(O)C(F)(F)F. The normalized spacial score (nSPS) is 18.9. The van der Waals surface area contributed by atoms with Gasteiger partial charge in [0, 0.05) is 0 Å². The molecule has 0 fully saturated rings. The molecular weight excluding hydrogens is 362 g/mol. The van der Waals surface area contributed by atoms with Gasteiger partial charge in [-0.3, -0.25) is 0 Å². The quantitative estimate of drug-likeness (QED) is 0.650. The maximum Gasteiger partial charge on any atom is 0.421 e. The summed E-state index contributed by atoms with van der Waals surface area (Å²) < 4.78 is 75.6. The first-order valence-corrected chi connectivity index (χ1v) is 8.29. The van der Waals surface area contributed by atoms with Gasteiger partial charge in [0.2, 0.25) is 0 Å². The molecule has 0 radical (unpaired) electrons. The van der Waals surface area contributed by atoms with E-state index in [1.807, 2.05) is 0 Å². The van der Waals surface area contributed by atoms with Gasteiger partial charge < -0.3 is 10.2 Å². The van der Waals surface area contributed by atoms with E-state index in [9.17, 15) is 31.4 Å². The summed E-state index contributed by atoms with van der Waals surface area (Å²) in [7, 11) is 0. The number of rotatable bonds is 7. The van der Waals surface area contributed by atoms with Crippen LogP contribution in [0.15, 0.2) is 24.3 Å². The van der Waals surface area contributed by atoms with E-state index in [1.54, 1.807) is 13.8 Å². The van der Waals surface area contributed by atoms with Crippen molar-refractivity contribution in [2.24, 2.45) is 11.8 Å². The number of hydrogen-bond acceptors (Lipinski definition) is 2. The molecule has 1 rings (SSSR count). The first-order valence-electron chi connectivity index (χ1n) is 8.29. The van der Waals surface area contributed by atoms with Crippen LogP contribution in [0.3, 0.4) is 0 Å². The molecule has 0 bridgehead atoms. The lowest BCUT2D eigenvalue weighted by Crippen LogP contribution is -2.39. The lowest BCUT2D eigenvalue weighted by atomic mass is 9.86. The largest absolute Gasteiger partial charge is 0.421 e. The van der Waals surface area contributed by atoms with Crippen LogP contribution in [0.25, 0.3) is 0 Å². The monoisotopic (exact) mass is 386 g/mol. The average Bonchev–Trinajstić information content (AvgIpc) is 2.50. The molecule has 1 aromatic rings. The summed E-state index contributed by atoms with van der Waals surface area (Å²) in [6.45, 7) is 4.08. The molecule has 0 aromatic heterocycles. The molecule has 4 atom stereocenters. The summed E-state index contributed by atoms with van der Waals surface area (Å²) in [5.41, 5.74) is -2.49. The first kappa shape index (κ1) is 22.8. The van der Waals surface area contributed by atoms with Gasteiger partial charge in [-0.25, -0.2) is 0 Å². The summed E-state index contributed by atoms with van der Waals surface area (Å²) in [4.78, 5) is 0. The minimum Gasteiger partial charge on any atom is -0.384 e. The second-order valence-corrected chi connectivity index (χ2v) is 7.05. The van der Waals surface area contributed by atoms with E-state index >= 15 is 0 Å². The average molecular weight is 386 g/mol. The zero-order valence-corrected chi connectivity index (χ0v) is 14.8. The van der Waals surface area contributed by atoms with Crippen LogP contribution in [-0.4, -0.2) is 28.7 Å². The van der Waals surface area contributed by atoms with Gasteiger partial charge in [0.1, 0.15) is 6.10 Å². The van der Waals surface area contributed by atoms with Crippen LogP contribution in [0.5, 0.6) is 0 Å². The molecule has 1 aromatic carbocycles. The minimum absolute atomic E-state index is 0.107. The Morgan fingerprint density at radius 3 is 1.85 bits per heavy atom. The van der Waals surface area contributed by atoms with E-state index < -0.39 is 30.5 Å². The highest BCUT2D eigenvalue weighted by molar-refractivity contribution is 5.28. The van der Waals surface area contributed by atoms with E-state index in [2.05, 4.69) is 0 Å². The summed E-state index contributed by atoms with van der Waals surface area (Å²) in [6.07, 6.45) is -11.2. The topological polar surface area (TPSA) is 40.5 Å². The van der Waals surface area contributed by atoms with Crippen molar-refractivity contribution in [1.82, 2.24) is 0 Å². The fraction of sp³-hybridized carbons (Fsp3) is 0.667. The number of halogens is 6. The molecule has 0 heterocycles. The predicted molar refractivity (Wildman–Crippen MR) is 85.4 cm³/mol. The third kappa shape index (κ3) is 5.87. The fourth-order valence-corrected chi connectivity index (χ4v) is 2.56. The molecule has 0 aliphatic heterocycles. The second-order valence-electron chi connectivity index (χ2n) is 7.05. The van der Waals surface area contributed by atoms with Crippen molar-refractivity contribution in [2.45, 2.75) is 64.1 Å². The summed E-state index contributed by atoms with van der Waals surface area (Å²) in [5.74, 6) is -0.471. The van der Waals surface area contributed by atoms with Gasteiger partial charge in [-0.05, 0) is 49.1 Å². The standard InChI is InChI=1S/C18H24F6O2/c1-11(12(2)10-15(25)17(19,20)21)4-5-13-6-8-14(9-7-13)16(3,26)18(22,23)24/h6-9,11-12,15,25-26H,4-5,10H2,1-3H3. The number of alkyl halides is 6. The Kier molecular flexibility index (Phi) is 7.15. The van der Waals surface area contributed by atoms with Crippen molar-refractivity contribution >= 4 is 0 Å². The molecule has 0 saturated heterocycles. The third-order valence-electron chi connectivity index (χ3n) is 4.90. The van der Waals surface area contributed by atoms with E-state index in [1.165, 1.54) is 24.3 Å². The maximum atomic E-state index is 12.8. The van der Waals surface area contributed by atoms with Crippen molar-refractivity contribution < 1.29 is 36.6 Å². The van der Waals surface area contributed by atoms with Crippen molar-refractivity contribution in [3.63, 3.8) is 0 Å². The zero-order valence-electron chi connectivity index (χ0n) is 14.8. The molecule has 2 N–H and O–H groups in total. The molecule has 2 nitrogen and oxygen atoms in total. The van der Waals surface area contributed by atoms with Crippen LogP contribution < -0.4 is 0 Å². The summed E-state index contributed by atoms with van der Waals surface area (Å²) in [6, 6.07) is 5.34. The van der Waals surface area contributed by atoms with Crippen LogP contribution in [0.1, 0.15) is 44.7 Å². The number of hydrogen-bond donors (Lipinski definition) is 2. The first-order chi connectivity index (χ1) is 11.7. The molecule has 26 heavy (non-hydrogen) atoms. The number of aryl methyl sites for hydroxylation is 1. The molecular formula is C18H24F6O2. The number of aliphatic hydroxyl groups excluding tert-OH is 1. The van der Waals surface area contributed by atoms with E-state index in [0.29, 0.717) is 19.8 Å². The molecule has 0 spiro atoms. The van der Waals surface area contributed by atoms with Gasteiger partial charge in [-0.2, -0.15) is 26.3 Å². The van der Waals surface area contributed by atoms with Gasteiger partial charge in [0.15, 0.2) is 5.60 Å². The predicted octanol–water partition coefficient (Wildman–Crippen LogP) is 4.97. The molecule has 0 amide bonds. The Morgan fingerprint density at radius 1 is 0.923 bits per heavy atom. The molecule has 0 saturated carbocycles. The Bertz CT molecular complexity index is 563. The Labute approximate surface area is 148 Å². The van der Waals surface area contributed by atoms with Crippen LogP contribution in [0.2, 0.25) is 0 Å². The van der Waals surface area contributed by atoms with Crippen molar-refractivity contribution in [3.05, 3.63) is 35.4 Å². The minimum atomic E-state index is -4.79. The lowest BCUT2D eigenvalue weighted by Gasteiger charge is -2.27. The molecule has 4 unspecified atom stereocenters. The fourth-order valence-electron chi connectivity index (χ4n) is 2.56. The number of benzene rings is 1. The van der Waals surface area contributed by atoms with Gasteiger partial charge in [-0.15, -0.1) is 0 Å². The zero-order chi connectivity index (χ0) is 20.3. The van der Waals surface area contributed by atoms with E-state index in [4.69, 9.17) is 5.11 Å². The van der Waals surface area contributed by atoms with Crippen molar-refractivity contribution in [2.75, 3.05) is 0 Å². The lowest BCUT2D eigenvalue weighted by molar-refractivity contribution is -0.258. The van der Waals surface area contributed by atoms with Crippen molar-refractivity contribution in [1.29, 1.82) is 0 Å². The van der Waals surface area contributed by atoms with E-state index in [-0.39, 0.29) is 17.4 Å². The Morgan fingerprint density at radius 2 is 1.42 bits per heavy atom. The van der Waals surface area contributed by atoms with Gasteiger partial charge in [0.25, 0.3) is 0 Å². The van der Waals surface area contributed by atoms with E-state index in [0.717, 1.165) is 5.56 Å². The third-order valence-corrected chi connectivity index (χ3v) is 4.90. The van der Waals surface area contributed by atoms with Crippen LogP contribution >= 0.6 is 0 Å². The summed E-state index contributed by atoms with van der Waals surface area (Å²) in [5, 5.41) is 18.7. The highest BCUT2D eigenvalue weighted by Crippen LogP contribution is 2.38. The molecule has 0 aliphatic carbocycles. The van der Waals surface area contributed by atoms with Crippen LogP contribution in [0, 0.1) is 11.8 Å². The van der Waals surface area contributed by atoms with Crippen LogP contribution in [0.4, 0.5) is 26.3 Å². The highest BCUT2D eigenvalue weighted by atomic mass is 19.4. The van der Waals surface area contributed by atoms with Gasteiger partial charge in [0.05, 0.1) is 0 Å².